The zero-order chi connectivity index (χ0) is 21.3. The molecule has 1 aliphatic heterocycles. The highest BCUT2D eigenvalue weighted by atomic mass is 32.2. The number of fused-ring (bicyclic) bond motifs is 1. The summed E-state index contributed by atoms with van der Waals surface area (Å²) in [5.74, 6) is -1.56. The first-order valence-corrected chi connectivity index (χ1v) is 11.8. The molecular weight excluding hydrogens is 408 g/mol. The number of aryl methyl sites for hydroxylation is 2. The van der Waals surface area contributed by atoms with Gasteiger partial charge in [0.15, 0.2) is 9.84 Å². The number of sulfone groups is 1. The quantitative estimate of drug-likeness (QED) is 0.750. The second-order valence-corrected chi connectivity index (χ2v) is 10.8. The Bertz CT molecular complexity index is 1080. The van der Waals surface area contributed by atoms with Gasteiger partial charge < -0.3 is 10.6 Å². The highest BCUT2D eigenvalue weighted by molar-refractivity contribution is 8.01. The van der Waals surface area contributed by atoms with E-state index in [1.54, 1.807) is 19.9 Å². The number of rotatable bonds is 5. The molecule has 3 rings (SSSR count). The summed E-state index contributed by atoms with van der Waals surface area (Å²) < 4.78 is 25.7. The summed E-state index contributed by atoms with van der Waals surface area (Å²) in [5, 5.41) is 5.32. The molecule has 2 aromatic rings. The number of nitrogens with one attached hydrogen (secondary N) is 2. The van der Waals surface area contributed by atoms with Crippen LogP contribution in [0.15, 0.2) is 46.2 Å². The van der Waals surface area contributed by atoms with E-state index in [4.69, 9.17) is 0 Å². The molecule has 2 amide bonds. The van der Waals surface area contributed by atoms with Gasteiger partial charge in [0.2, 0.25) is 11.8 Å². The topological polar surface area (TPSA) is 92.3 Å². The van der Waals surface area contributed by atoms with Gasteiger partial charge in [-0.2, -0.15) is 0 Å². The second-order valence-electron chi connectivity index (χ2n) is 7.40. The lowest BCUT2D eigenvalue weighted by Crippen LogP contribution is -2.28. The number of amides is 2. The van der Waals surface area contributed by atoms with Gasteiger partial charge in [-0.05, 0) is 50.6 Å². The van der Waals surface area contributed by atoms with E-state index in [1.807, 2.05) is 32.0 Å². The Kier molecular flexibility index (Phi) is 6.05. The van der Waals surface area contributed by atoms with Gasteiger partial charge >= 0.3 is 0 Å². The maximum Gasteiger partial charge on any atom is 0.237 e. The summed E-state index contributed by atoms with van der Waals surface area (Å²) >= 11 is 1.39. The third-order valence-electron chi connectivity index (χ3n) is 4.80. The fourth-order valence-corrected chi connectivity index (χ4v) is 5.60. The molecule has 0 radical (unpaired) electrons. The van der Waals surface area contributed by atoms with Crippen molar-refractivity contribution in [3.63, 3.8) is 0 Å². The minimum atomic E-state index is -3.70. The maximum absolute atomic E-state index is 12.8. The van der Waals surface area contributed by atoms with Gasteiger partial charge in [-0.25, -0.2) is 8.42 Å². The first-order chi connectivity index (χ1) is 13.6. The van der Waals surface area contributed by atoms with Gasteiger partial charge in [-0.3, -0.25) is 9.59 Å². The summed E-state index contributed by atoms with van der Waals surface area (Å²) in [6.45, 7) is 7.25. The Morgan fingerprint density at radius 1 is 1.21 bits per heavy atom. The van der Waals surface area contributed by atoms with Gasteiger partial charge in [0.05, 0.1) is 21.6 Å². The lowest BCUT2D eigenvalue weighted by molar-refractivity contribution is -0.119. The highest BCUT2D eigenvalue weighted by Crippen LogP contribution is 2.37. The second kappa shape index (κ2) is 8.20. The van der Waals surface area contributed by atoms with Gasteiger partial charge in [-0.15, -0.1) is 11.8 Å². The summed E-state index contributed by atoms with van der Waals surface area (Å²) in [7, 11) is -3.70. The fourth-order valence-electron chi connectivity index (χ4n) is 3.09. The standard InChI is InChI=1S/C21H24N2O4S2/c1-12-5-7-17(13(2)9-12)22-20(24)14(3)11-29(26,27)16-6-8-19-18(10-16)23-21(25)15(4)28-19/h5-10,14-15H,11H2,1-4H3,(H,22,24)(H,23,25)/t14-,15+/m0/s1. The Morgan fingerprint density at radius 2 is 1.93 bits per heavy atom. The van der Waals surface area contributed by atoms with Crippen LogP contribution in [0.2, 0.25) is 0 Å². The lowest BCUT2D eigenvalue weighted by atomic mass is 10.1. The molecule has 0 saturated heterocycles. The predicted octanol–water partition coefficient (Wildman–Crippen LogP) is 3.78. The zero-order valence-electron chi connectivity index (χ0n) is 16.8. The van der Waals surface area contributed by atoms with Crippen molar-refractivity contribution in [3.05, 3.63) is 47.5 Å². The fraction of sp³-hybridized carbons (Fsp3) is 0.333. The van der Waals surface area contributed by atoms with Crippen LogP contribution in [0.1, 0.15) is 25.0 Å². The minimum absolute atomic E-state index is 0.0952. The molecule has 6 nitrogen and oxygen atoms in total. The molecule has 0 aromatic heterocycles. The van der Waals surface area contributed by atoms with Crippen molar-refractivity contribution in [2.75, 3.05) is 16.4 Å². The number of carbonyl (C=O) groups excluding carboxylic acids is 2. The largest absolute Gasteiger partial charge is 0.326 e. The Balaban J connectivity index is 1.74. The van der Waals surface area contributed by atoms with Crippen molar-refractivity contribution < 1.29 is 18.0 Å². The van der Waals surface area contributed by atoms with Crippen LogP contribution in [0, 0.1) is 19.8 Å². The van der Waals surface area contributed by atoms with Crippen LogP contribution in [0.4, 0.5) is 11.4 Å². The van der Waals surface area contributed by atoms with Crippen molar-refractivity contribution in [1.29, 1.82) is 0 Å². The van der Waals surface area contributed by atoms with Crippen LogP contribution in [-0.4, -0.2) is 31.2 Å². The molecule has 1 aliphatic rings. The molecule has 0 aliphatic carbocycles. The Hall–Kier alpha value is -2.32. The summed E-state index contributed by atoms with van der Waals surface area (Å²) in [6.07, 6.45) is 0. The molecule has 0 fully saturated rings. The van der Waals surface area contributed by atoms with Gasteiger partial charge in [0, 0.05) is 16.5 Å². The normalized spacial score (nSPS) is 17.2. The number of benzene rings is 2. The first kappa shape index (κ1) is 21.4. The van der Waals surface area contributed by atoms with Crippen molar-refractivity contribution in [2.45, 2.75) is 42.7 Å². The molecule has 2 atom stereocenters. The van der Waals surface area contributed by atoms with E-state index in [0.717, 1.165) is 16.0 Å². The zero-order valence-corrected chi connectivity index (χ0v) is 18.4. The van der Waals surface area contributed by atoms with E-state index in [9.17, 15) is 18.0 Å². The number of thioether (sulfide) groups is 1. The maximum atomic E-state index is 12.8. The molecule has 2 N–H and O–H groups in total. The molecule has 29 heavy (non-hydrogen) atoms. The van der Waals surface area contributed by atoms with Crippen LogP contribution in [0.25, 0.3) is 0 Å². The molecule has 0 unspecified atom stereocenters. The van der Waals surface area contributed by atoms with Crippen LogP contribution >= 0.6 is 11.8 Å². The molecule has 0 saturated carbocycles. The van der Waals surface area contributed by atoms with E-state index in [0.29, 0.717) is 11.4 Å². The van der Waals surface area contributed by atoms with Gasteiger partial charge in [0.1, 0.15) is 0 Å². The highest BCUT2D eigenvalue weighted by Gasteiger charge is 2.27. The monoisotopic (exact) mass is 432 g/mol. The number of carbonyl (C=O) groups is 2. The SMILES string of the molecule is Cc1ccc(NC(=O)[C@@H](C)CS(=O)(=O)c2ccc3c(c2)NC(=O)[C@@H](C)S3)c(C)c1. The van der Waals surface area contributed by atoms with Crippen molar-refractivity contribution in [3.8, 4) is 0 Å². The summed E-state index contributed by atoms with van der Waals surface area (Å²) in [6, 6.07) is 10.4. The Labute approximate surface area is 175 Å². The van der Waals surface area contributed by atoms with E-state index in [-0.39, 0.29) is 27.7 Å². The lowest BCUT2D eigenvalue weighted by Gasteiger charge is -2.22. The number of hydrogen-bond donors (Lipinski definition) is 2. The molecule has 154 valence electrons. The predicted molar refractivity (Wildman–Crippen MR) is 116 cm³/mol. The third kappa shape index (κ3) is 4.82. The molecule has 0 bridgehead atoms. The Morgan fingerprint density at radius 3 is 2.62 bits per heavy atom. The molecular formula is C21H24N2O4S2. The van der Waals surface area contributed by atoms with Crippen LogP contribution in [0.3, 0.4) is 0 Å². The van der Waals surface area contributed by atoms with Crippen LogP contribution in [0.5, 0.6) is 0 Å². The molecule has 8 heteroatoms. The van der Waals surface area contributed by atoms with E-state index in [1.165, 1.54) is 23.9 Å². The van der Waals surface area contributed by atoms with E-state index >= 15 is 0 Å². The first-order valence-electron chi connectivity index (χ1n) is 9.29. The van der Waals surface area contributed by atoms with Gasteiger partial charge in [-0.1, -0.05) is 24.6 Å². The number of hydrogen-bond acceptors (Lipinski definition) is 5. The van der Waals surface area contributed by atoms with Crippen molar-refractivity contribution >= 4 is 44.8 Å². The van der Waals surface area contributed by atoms with Crippen molar-refractivity contribution in [1.82, 2.24) is 0 Å². The third-order valence-corrected chi connectivity index (χ3v) is 7.89. The van der Waals surface area contributed by atoms with E-state index < -0.39 is 15.8 Å². The summed E-state index contributed by atoms with van der Waals surface area (Å²) in [4.78, 5) is 25.3. The molecule has 1 heterocycles. The average Bonchev–Trinajstić information content (AvgIpc) is 2.64. The molecule has 0 spiro atoms. The van der Waals surface area contributed by atoms with Gasteiger partial charge in [0.25, 0.3) is 0 Å². The van der Waals surface area contributed by atoms with Crippen LogP contribution < -0.4 is 10.6 Å². The van der Waals surface area contributed by atoms with Crippen LogP contribution in [-0.2, 0) is 19.4 Å². The minimum Gasteiger partial charge on any atom is -0.326 e. The number of anilines is 2. The summed E-state index contributed by atoms with van der Waals surface area (Å²) in [5.41, 5.74) is 3.17. The smallest absolute Gasteiger partial charge is 0.237 e. The molecule has 2 aromatic carbocycles. The van der Waals surface area contributed by atoms with E-state index in [2.05, 4.69) is 10.6 Å². The van der Waals surface area contributed by atoms with Crippen molar-refractivity contribution in [2.24, 2.45) is 5.92 Å². The average molecular weight is 433 g/mol.